The molecule has 0 spiro atoms. The number of hydrogen-bond donors (Lipinski definition) is 1. The summed E-state index contributed by atoms with van der Waals surface area (Å²) in [5.41, 5.74) is 2.69. The number of rotatable bonds is 5. The van der Waals surface area contributed by atoms with E-state index in [1.165, 1.54) is 0 Å². The van der Waals surface area contributed by atoms with Crippen molar-refractivity contribution in [3.05, 3.63) is 99.0 Å². The molecule has 0 aliphatic carbocycles. The van der Waals surface area contributed by atoms with Crippen molar-refractivity contribution in [2.45, 2.75) is 18.6 Å². The first-order valence-electron chi connectivity index (χ1n) is 11.0. The minimum absolute atomic E-state index is 0.0453. The molecule has 0 radical (unpaired) electrons. The first-order valence-corrected chi connectivity index (χ1v) is 11.7. The molecule has 1 heterocycles. The van der Waals surface area contributed by atoms with Crippen LogP contribution in [0.3, 0.4) is 0 Å². The Labute approximate surface area is 210 Å². The highest BCUT2D eigenvalue weighted by Crippen LogP contribution is 2.35. The summed E-state index contributed by atoms with van der Waals surface area (Å²) in [7, 11) is 0. The average molecular weight is 491 g/mol. The van der Waals surface area contributed by atoms with E-state index in [9.17, 15) is 10.4 Å². The van der Waals surface area contributed by atoms with Crippen LogP contribution in [0.2, 0.25) is 10.0 Å². The monoisotopic (exact) mass is 490 g/mol. The quantitative estimate of drug-likeness (QED) is 0.510. The average Bonchev–Trinajstić information content (AvgIpc) is 2.84. The zero-order chi connectivity index (χ0) is 24.3. The van der Waals surface area contributed by atoms with Gasteiger partial charge in [0, 0.05) is 36.2 Å². The Morgan fingerprint density at radius 2 is 1.62 bits per heavy atom. The summed E-state index contributed by atoms with van der Waals surface area (Å²) in [5.74, 6) is 0. The highest BCUT2D eigenvalue weighted by molar-refractivity contribution is 6.31. The molecule has 2 atom stereocenters. The van der Waals surface area contributed by atoms with Gasteiger partial charge in [-0.1, -0.05) is 47.5 Å². The van der Waals surface area contributed by atoms with E-state index >= 15 is 0 Å². The Morgan fingerprint density at radius 3 is 2.26 bits per heavy atom. The van der Waals surface area contributed by atoms with Gasteiger partial charge in [0.15, 0.2) is 0 Å². The van der Waals surface area contributed by atoms with Crippen molar-refractivity contribution >= 4 is 28.9 Å². The van der Waals surface area contributed by atoms with Crippen molar-refractivity contribution in [2.75, 3.05) is 31.1 Å². The smallest absolute Gasteiger partial charge is 0.101 e. The first-order chi connectivity index (χ1) is 16.3. The molecule has 1 aliphatic rings. The van der Waals surface area contributed by atoms with Crippen LogP contribution in [-0.2, 0) is 5.60 Å². The molecule has 1 aliphatic heterocycles. The lowest BCUT2D eigenvalue weighted by atomic mass is 9.93. The fourth-order valence-corrected chi connectivity index (χ4v) is 4.82. The van der Waals surface area contributed by atoms with Crippen LogP contribution in [0, 0.1) is 22.7 Å². The zero-order valence-corrected chi connectivity index (χ0v) is 20.3. The van der Waals surface area contributed by atoms with Crippen molar-refractivity contribution in [3.63, 3.8) is 0 Å². The summed E-state index contributed by atoms with van der Waals surface area (Å²) in [5, 5.41) is 31.2. The van der Waals surface area contributed by atoms with Gasteiger partial charge in [-0.15, -0.1) is 0 Å². The molecule has 0 bridgehead atoms. The topological polar surface area (TPSA) is 74.3 Å². The molecule has 7 heteroatoms. The van der Waals surface area contributed by atoms with Gasteiger partial charge in [0.05, 0.1) is 34.5 Å². The molecule has 4 rings (SSSR count). The molecular formula is C27H24Cl2N4O. The van der Waals surface area contributed by atoms with Crippen LogP contribution in [0.4, 0.5) is 5.69 Å². The first kappa shape index (κ1) is 24.1. The summed E-state index contributed by atoms with van der Waals surface area (Å²) >= 11 is 12.3. The lowest BCUT2D eigenvalue weighted by Gasteiger charge is -2.45. The molecule has 1 fully saturated rings. The molecule has 1 N–H and O–H groups in total. The van der Waals surface area contributed by atoms with Gasteiger partial charge >= 0.3 is 0 Å². The summed E-state index contributed by atoms with van der Waals surface area (Å²) in [6, 6.07) is 24.5. The van der Waals surface area contributed by atoms with Crippen molar-refractivity contribution in [1.82, 2.24) is 4.90 Å². The maximum atomic E-state index is 11.3. The van der Waals surface area contributed by atoms with E-state index < -0.39 is 5.60 Å². The maximum absolute atomic E-state index is 11.3. The fourth-order valence-electron chi connectivity index (χ4n) is 4.52. The predicted octanol–water partition coefficient (Wildman–Crippen LogP) is 5.51. The Balaban J connectivity index is 1.62. The van der Waals surface area contributed by atoms with Crippen LogP contribution in [0.15, 0.2) is 66.7 Å². The normalized spacial score (nSPS) is 18.1. The molecule has 0 amide bonds. The third-order valence-corrected chi connectivity index (χ3v) is 6.76. The van der Waals surface area contributed by atoms with Crippen molar-refractivity contribution in [3.8, 4) is 12.1 Å². The number of nitriles is 2. The van der Waals surface area contributed by atoms with Gasteiger partial charge in [-0.2, -0.15) is 10.5 Å². The Kier molecular flexibility index (Phi) is 7.12. The van der Waals surface area contributed by atoms with E-state index in [4.69, 9.17) is 28.5 Å². The number of halogens is 2. The molecule has 3 aromatic carbocycles. The second-order valence-electron chi connectivity index (χ2n) is 8.73. The third-order valence-electron chi connectivity index (χ3n) is 6.28. The predicted molar refractivity (Wildman–Crippen MR) is 135 cm³/mol. The van der Waals surface area contributed by atoms with E-state index in [-0.39, 0.29) is 6.04 Å². The van der Waals surface area contributed by atoms with Crippen molar-refractivity contribution < 1.29 is 5.11 Å². The fraction of sp³-hybridized carbons (Fsp3) is 0.259. The number of aliphatic hydroxyl groups is 1. The van der Waals surface area contributed by atoms with Crippen LogP contribution < -0.4 is 4.90 Å². The highest BCUT2D eigenvalue weighted by atomic mass is 35.5. The van der Waals surface area contributed by atoms with Gasteiger partial charge in [0.25, 0.3) is 0 Å². The summed E-state index contributed by atoms with van der Waals surface area (Å²) in [4.78, 5) is 4.46. The SMILES string of the molecule is C[C@](O)(CN1CCN(c2ccc(Cl)cc2C#N)[C@H](c2ccc(Cl)cc2)C1)c1ccc(C#N)cc1. The number of nitrogens with zero attached hydrogens (tertiary/aromatic N) is 4. The summed E-state index contributed by atoms with van der Waals surface area (Å²) in [6.07, 6.45) is 0. The summed E-state index contributed by atoms with van der Waals surface area (Å²) in [6.45, 7) is 4.27. The molecule has 5 nitrogen and oxygen atoms in total. The third kappa shape index (κ3) is 5.20. The molecule has 0 aromatic heterocycles. The van der Waals surface area contributed by atoms with Crippen molar-refractivity contribution in [2.24, 2.45) is 0 Å². The number of benzene rings is 3. The van der Waals surface area contributed by atoms with Gasteiger partial charge in [0.2, 0.25) is 0 Å². The minimum atomic E-state index is -1.08. The standard InChI is InChI=1S/C27H24Cl2N4O/c1-27(34,22-6-2-19(15-30)3-7-22)18-32-12-13-33(25-11-10-24(29)14-21(25)16-31)26(17-32)20-4-8-23(28)9-5-20/h2-11,14,26,34H,12-13,17-18H2,1H3/t26-,27-/m0/s1. The number of anilines is 1. The second-order valence-corrected chi connectivity index (χ2v) is 9.61. The number of piperazine rings is 1. The van der Waals surface area contributed by atoms with E-state index in [0.717, 1.165) is 16.8 Å². The van der Waals surface area contributed by atoms with E-state index in [0.29, 0.717) is 47.4 Å². The van der Waals surface area contributed by atoms with Crippen LogP contribution >= 0.6 is 23.2 Å². The highest BCUT2D eigenvalue weighted by Gasteiger charge is 2.34. The molecule has 34 heavy (non-hydrogen) atoms. The van der Waals surface area contributed by atoms with Gasteiger partial charge in [-0.25, -0.2) is 0 Å². The molecule has 172 valence electrons. The Hall–Kier alpha value is -3.06. The van der Waals surface area contributed by atoms with Gasteiger partial charge < -0.3 is 10.0 Å². The van der Waals surface area contributed by atoms with Crippen molar-refractivity contribution in [1.29, 1.82) is 10.5 Å². The number of hydrogen-bond acceptors (Lipinski definition) is 5. The Morgan fingerprint density at radius 1 is 0.941 bits per heavy atom. The largest absolute Gasteiger partial charge is 0.384 e. The lowest BCUT2D eigenvalue weighted by molar-refractivity contribution is 0.0103. The molecular weight excluding hydrogens is 467 g/mol. The van der Waals surface area contributed by atoms with E-state index in [1.807, 2.05) is 30.3 Å². The molecule has 3 aromatic rings. The van der Waals surface area contributed by atoms with Crippen LogP contribution in [0.25, 0.3) is 0 Å². The van der Waals surface area contributed by atoms with Crippen LogP contribution in [0.1, 0.15) is 35.2 Å². The van der Waals surface area contributed by atoms with E-state index in [1.54, 1.807) is 43.3 Å². The van der Waals surface area contributed by atoms with E-state index in [2.05, 4.69) is 21.9 Å². The minimum Gasteiger partial charge on any atom is -0.384 e. The van der Waals surface area contributed by atoms with Crippen LogP contribution in [-0.4, -0.2) is 36.2 Å². The molecule has 0 unspecified atom stereocenters. The van der Waals surface area contributed by atoms with Gasteiger partial charge in [-0.05, 0) is 60.5 Å². The maximum Gasteiger partial charge on any atom is 0.101 e. The second kappa shape index (κ2) is 10.1. The Bertz CT molecular complexity index is 1240. The van der Waals surface area contributed by atoms with Gasteiger partial charge in [0.1, 0.15) is 6.07 Å². The number of β-amino-alcohol motifs (C(OH)–C–C–N with tert-alkyl or cyclic N) is 1. The van der Waals surface area contributed by atoms with Crippen LogP contribution in [0.5, 0.6) is 0 Å². The lowest BCUT2D eigenvalue weighted by Crippen LogP contribution is -2.52. The summed E-state index contributed by atoms with van der Waals surface area (Å²) < 4.78 is 0. The van der Waals surface area contributed by atoms with Gasteiger partial charge in [-0.3, -0.25) is 4.90 Å². The molecule has 0 saturated carbocycles. The zero-order valence-electron chi connectivity index (χ0n) is 18.7. The molecule has 1 saturated heterocycles.